The Balaban J connectivity index is 1.53. The van der Waals surface area contributed by atoms with Gasteiger partial charge in [-0.25, -0.2) is 9.97 Å². The fourth-order valence-electron chi connectivity index (χ4n) is 3.53. The van der Waals surface area contributed by atoms with Gasteiger partial charge in [0, 0.05) is 30.1 Å². The third-order valence-electron chi connectivity index (χ3n) is 5.30. The van der Waals surface area contributed by atoms with E-state index in [4.69, 9.17) is 9.97 Å². The van der Waals surface area contributed by atoms with Crippen LogP contribution < -0.4 is 5.32 Å². The molecule has 3 heterocycles. The molecule has 166 valence electrons. The zero-order valence-electron chi connectivity index (χ0n) is 18.3. The van der Waals surface area contributed by atoms with E-state index in [0.29, 0.717) is 0 Å². The van der Waals surface area contributed by atoms with Crippen molar-refractivity contribution in [1.29, 1.82) is 0 Å². The first-order valence-electron chi connectivity index (χ1n) is 10.9. The standard InChI is InChI=1S/C25H27IN4S2/c1-3-30(4-2)15-6-14-27-25-20-17-18(26)8-11-21(20)28-24(29-25)13-10-19-9-12-23(32-19)22-7-5-16-31-22/h5,7-13,16-17H,3-4,6,14-15H2,1-2H3,(H,27,28,29). The minimum absolute atomic E-state index is 0.732. The van der Waals surface area contributed by atoms with Crippen LogP contribution in [0.5, 0.6) is 0 Å². The quantitative estimate of drug-likeness (QED) is 0.159. The van der Waals surface area contributed by atoms with E-state index in [1.807, 2.05) is 6.08 Å². The number of thiophene rings is 2. The molecule has 0 atom stereocenters. The van der Waals surface area contributed by atoms with E-state index in [0.717, 1.165) is 55.1 Å². The second kappa shape index (κ2) is 11.4. The number of nitrogens with one attached hydrogen (secondary N) is 1. The topological polar surface area (TPSA) is 41.0 Å². The highest BCUT2D eigenvalue weighted by atomic mass is 127. The Hall–Kier alpha value is -1.81. The molecule has 0 spiro atoms. The lowest BCUT2D eigenvalue weighted by Gasteiger charge is -2.18. The van der Waals surface area contributed by atoms with E-state index in [2.05, 4.69) is 101 Å². The van der Waals surface area contributed by atoms with Gasteiger partial charge in [0.25, 0.3) is 0 Å². The molecule has 0 aliphatic rings. The Morgan fingerprint density at radius 3 is 2.69 bits per heavy atom. The zero-order valence-corrected chi connectivity index (χ0v) is 22.1. The van der Waals surface area contributed by atoms with Crippen LogP contribution in [0.3, 0.4) is 0 Å². The van der Waals surface area contributed by atoms with E-state index < -0.39 is 0 Å². The van der Waals surface area contributed by atoms with Crippen molar-refractivity contribution in [1.82, 2.24) is 14.9 Å². The fourth-order valence-corrected chi connectivity index (χ4v) is 5.76. The lowest BCUT2D eigenvalue weighted by Crippen LogP contribution is -2.25. The SMILES string of the molecule is CCN(CC)CCCNc1nc(C=Cc2ccc(-c3cccs3)s2)nc2ccc(I)cc12. The van der Waals surface area contributed by atoms with Crippen molar-refractivity contribution in [3.8, 4) is 9.75 Å². The van der Waals surface area contributed by atoms with Gasteiger partial charge in [-0.15, -0.1) is 22.7 Å². The first-order valence-corrected chi connectivity index (χ1v) is 13.7. The number of anilines is 1. The van der Waals surface area contributed by atoms with Crippen LogP contribution in [-0.4, -0.2) is 41.0 Å². The maximum Gasteiger partial charge on any atom is 0.155 e. The predicted molar refractivity (Wildman–Crippen MR) is 150 cm³/mol. The van der Waals surface area contributed by atoms with Crippen molar-refractivity contribution in [2.24, 2.45) is 0 Å². The van der Waals surface area contributed by atoms with Crippen molar-refractivity contribution in [2.45, 2.75) is 20.3 Å². The zero-order chi connectivity index (χ0) is 22.3. The molecule has 3 aromatic heterocycles. The number of aromatic nitrogens is 2. The molecule has 0 radical (unpaired) electrons. The Morgan fingerprint density at radius 1 is 1.03 bits per heavy atom. The summed E-state index contributed by atoms with van der Waals surface area (Å²) in [6.07, 6.45) is 5.21. The van der Waals surface area contributed by atoms with Crippen LogP contribution in [0.15, 0.2) is 47.8 Å². The molecule has 0 fully saturated rings. The minimum Gasteiger partial charge on any atom is -0.369 e. The van der Waals surface area contributed by atoms with E-state index in [1.165, 1.54) is 18.2 Å². The predicted octanol–water partition coefficient (Wildman–Crippen LogP) is 7.34. The molecule has 0 aliphatic carbocycles. The van der Waals surface area contributed by atoms with Gasteiger partial charge in [0.2, 0.25) is 0 Å². The van der Waals surface area contributed by atoms with Gasteiger partial charge < -0.3 is 10.2 Å². The molecular weight excluding hydrogens is 547 g/mol. The van der Waals surface area contributed by atoms with Crippen LogP contribution in [-0.2, 0) is 0 Å². The summed E-state index contributed by atoms with van der Waals surface area (Å²) in [6.45, 7) is 8.61. The Morgan fingerprint density at radius 2 is 1.91 bits per heavy atom. The molecule has 1 aromatic carbocycles. The highest BCUT2D eigenvalue weighted by Gasteiger charge is 2.08. The summed E-state index contributed by atoms with van der Waals surface area (Å²) in [7, 11) is 0. The first kappa shape index (κ1) is 23.4. The van der Waals surface area contributed by atoms with E-state index in [1.54, 1.807) is 22.7 Å². The number of fused-ring (bicyclic) bond motifs is 1. The van der Waals surface area contributed by atoms with Crippen LogP contribution in [0.2, 0.25) is 0 Å². The number of benzene rings is 1. The van der Waals surface area contributed by atoms with Crippen LogP contribution >= 0.6 is 45.3 Å². The van der Waals surface area contributed by atoms with Crippen LogP contribution in [0.4, 0.5) is 5.82 Å². The van der Waals surface area contributed by atoms with E-state index in [9.17, 15) is 0 Å². The van der Waals surface area contributed by atoms with Gasteiger partial charge in [-0.3, -0.25) is 0 Å². The first-order chi connectivity index (χ1) is 15.7. The summed E-state index contributed by atoms with van der Waals surface area (Å²) in [4.78, 5) is 15.9. The summed E-state index contributed by atoms with van der Waals surface area (Å²) in [5.74, 6) is 1.65. The van der Waals surface area contributed by atoms with Gasteiger partial charge in [0.1, 0.15) is 5.82 Å². The molecule has 4 nitrogen and oxygen atoms in total. The molecular formula is C25H27IN4S2. The molecule has 4 aromatic rings. The lowest BCUT2D eigenvalue weighted by molar-refractivity contribution is 0.303. The second-order valence-corrected chi connectivity index (χ2v) is 10.7. The maximum atomic E-state index is 4.85. The van der Waals surface area contributed by atoms with Gasteiger partial charge in [-0.05, 0) is 103 Å². The molecule has 0 amide bonds. The highest BCUT2D eigenvalue weighted by Crippen LogP contribution is 2.32. The maximum absolute atomic E-state index is 4.85. The van der Waals surface area contributed by atoms with Crippen molar-refractivity contribution in [3.63, 3.8) is 0 Å². The Kier molecular flexibility index (Phi) is 8.29. The normalized spacial score (nSPS) is 11.8. The Bertz CT molecular complexity index is 1180. The van der Waals surface area contributed by atoms with Gasteiger partial charge in [0.05, 0.1) is 5.52 Å². The number of halogens is 1. The highest BCUT2D eigenvalue weighted by molar-refractivity contribution is 14.1. The monoisotopic (exact) mass is 574 g/mol. The van der Waals surface area contributed by atoms with Crippen LogP contribution in [0.25, 0.3) is 32.8 Å². The third kappa shape index (κ3) is 5.95. The molecule has 1 N–H and O–H groups in total. The number of nitrogens with zero attached hydrogens (tertiary/aromatic N) is 3. The second-order valence-electron chi connectivity index (χ2n) is 7.41. The minimum atomic E-state index is 0.732. The number of hydrogen-bond acceptors (Lipinski definition) is 6. The number of rotatable bonds is 10. The van der Waals surface area contributed by atoms with Crippen molar-refractivity contribution >= 4 is 74.1 Å². The Labute approximate surface area is 211 Å². The van der Waals surface area contributed by atoms with Crippen LogP contribution in [0.1, 0.15) is 31.0 Å². The number of hydrogen-bond donors (Lipinski definition) is 1. The molecule has 0 bridgehead atoms. The van der Waals surface area contributed by atoms with Crippen molar-refractivity contribution in [2.75, 3.05) is 31.5 Å². The fraction of sp³-hybridized carbons (Fsp3) is 0.280. The summed E-state index contributed by atoms with van der Waals surface area (Å²) in [5, 5.41) is 6.76. The van der Waals surface area contributed by atoms with Crippen molar-refractivity contribution < 1.29 is 0 Å². The van der Waals surface area contributed by atoms with Gasteiger partial charge >= 0.3 is 0 Å². The van der Waals surface area contributed by atoms with E-state index in [-0.39, 0.29) is 0 Å². The lowest BCUT2D eigenvalue weighted by atomic mass is 10.2. The van der Waals surface area contributed by atoms with Gasteiger partial charge in [-0.1, -0.05) is 19.9 Å². The summed E-state index contributed by atoms with van der Waals surface area (Å²) >= 11 is 5.91. The summed E-state index contributed by atoms with van der Waals surface area (Å²) in [6, 6.07) is 14.9. The molecule has 4 rings (SSSR count). The van der Waals surface area contributed by atoms with Crippen LogP contribution in [0, 0.1) is 3.57 Å². The molecule has 0 saturated carbocycles. The largest absolute Gasteiger partial charge is 0.369 e. The molecule has 0 unspecified atom stereocenters. The van der Waals surface area contributed by atoms with Crippen molar-refractivity contribution in [3.05, 3.63) is 62.1 Å². The average molecular weight is 575 g/mol. The smallest absolute Gasteiger partial charge is 0.155 e. The average Bonchev–Trinajstić information content (AvgIpc) is 3.50. The molecule has 0 saturated heterocycles. The molecule has 7 heteroatoms. The van der Waals surface area contributed by atoms with Gasteiger partial charge in [-0.2, -0.15) is 0 Å². The van der Waals surface area contributed by atoms with E-state index >= 15 is 0 Å². The summed E-state index contributed by atoms with van der Waals surface area (Å²) < 4.78 is 1.19. The summed E-state index contributed by atoms with van der Waals surface area (Å²) in [5.41, 5.74) is 0.969. The third-order valence-corrected chi connectivity index (χ3v) is 8.09. The molecule has 32 heavy (non-hydrogen) atoms. The van der Waals surface area contributed by atoms with Gasteiger partial charge in [0.15, 0.2) is 5.82 Å². The molecule has 0 aliphatic heterocycles.